The van der Waals surface area contributed by atoms with E-state index >= 15 is 0 Å². The summed E-state index contributed by atoms with van der Waals surface area (Å²) in [7, 11) is 1.59. The first-order valence-electron chi connectivity index (χ1n) is 8.13. The number of fused-ring (bicyclic) bond motifs is 1. The molecule has 0 saturated carbocycles. The highest BCUT2D eigenvalue weighted by Crippen LogP contribution is 2.18. The Labute approximate surface area is 146 Å². The first kappa shape index (κ1) is 17.0. The zero-order chi connectivity index (χ0) is 17.6. The van der Waals surface area contributed by atoms with E-state index in [1.807, 2.05) is 24.4 Å². The molecular weight excluding hydrogens is 320 g/mol. The summed E-state index contributed by atoms with van der Waals surface area (Å²) in [5.74, 6) is 0.488. The monoisotopic (exact) mass is 340 g/mol. The number of amides is 1. The smallest absolute Gasteiger partial charge is 0.225 e. The van der Waals surface area contributed by atoms with Gasteiger partial charge in [-0.05, 0) is 18.2 Å². The predicted molar refractivity (Wildman–Crippen MR) is 89.7 cm³/mol. The van der Waals surface area contributed by atoms with E-state index in [4.69, 9.17) is 14.7 Å². The molecule has 3 rings (SSSR count). The molecule has 0 unspecified atom stereocenters. The summed E-state index contributed by atoms with van der Waals surface area (Å²) >= 11 is 0. The molecular formula is C18H20N4O3. The quantitative estimate of drug-likeness (QED) is 0.825. The summed E-state index contributed by atoms with van der Waals surface area (Å²) in [6, 6.07) is 9.36. The molecule has 1 aliphatic rings. The minimum atomic E-state index is -0.222. The molecule has 0 N–H and O–H groups in total. The Morgan fingerprint density at radius 1 is 1.40 bits per heavy atom. The second-order valence-electron chi connectivity index (χ2n) is 5.91. The number of ether oxygens (including phenoxy) is 2. The Hall–Kier alpha value is -2.85. The van der Waals surface area contributed by atoms with Gasteiger partial charge in [0.2, 0.25) is 11.8 Å². The summed E-state index contributed by atoms with van der Waals surface area (Å²) in [5.41, 5.74) is 1.56. The lowest BCUT2D eigenvalue weighted by Crippen LogP contribution is -2.39. The van der Waals surface area contributed by atoms with Crippen molar-refractivity contribution in [1.82, 2.24) is 14.5 Å². The summed E-state index contributed by atoms with van der Waals surface area (Å²) in [5, 5.41) is 8.85. The summed E-state index contributed by atoms with van der Waals surface area (Å²) < 4.78 is 13.1. The van der Waals surface area contributed by atoms with Crippen LogP contribution in [0.5, 0.6) is 5.88 Å². The van der Waals surface area contributed by atoms with Gasteiger partial charge in [0, 0.05) is 31.3 Å². The maximum Gasteiger partial charge on any atom is 0.225 e. The Bertz CT molecular complexity index is 763. The van der Waals surface area contributed by atoms with Gasteiger partial charge in [-0.15, -0.1) is 0 Å². The van der Waals surface area contributed by atoms with Gasteiger partial charge in [0.25, 0.3) is 0 Å². The fourth-order valence-corrected chi connectivity index (χ4v) is 2.85. The summed E-state index contributed by atoms with van der Waals surface area (Å²) in [6.07, 6.45) is 3.59. The van der Waals surface area contributed by atoms with Crippen LogP contribution >= 0.6 is 0 Å². The van der Waals surface area contributed by atoms with Gasteiger partial charge < -0.3 is 18.9 Å². The third kappa shape index (κ3) is 4.17. The molecule has 130 valence electrons. The Kier molecular flexibility index (Phi) is 5.31. The van der Waals surface area contributed by atoms with Crippen molar-refractivity contribution in [1.29, 1.82) is 5.26 Å². The van der Waals surface area contributed by atoms with Crippen LogP contribution in [0.3, 0.4) is 0 Å². The fraction of sp³-hybridized carbons (Fsp3) is 0.389. The maximum atomic E-state index is 12.5. The van der Waals surface area contributed by atoms with Gasteiger partial charge in [-0.25, -0.2) is 4.98 Å². The largest absolute Gasteiger partial charge is 0.471 e. The van der Waals surface area contributed by atoms with Gasteiger partial charge in [0.15, 0.2) is 0 Å². The normalized spacial score (nSPS) is 16.6. The summed E-state index contributed by atoms with van der Waals surface area (Å²) in [6.45, 7) is 2.07. The van der Waals surface area contributed by atoms with Crippen molar-refractivity contribution in [2.24, 2.45) is 0 Å². The van der Waals surface area contributed by atoms with Crippen molar-refractivity contribution >= 4 is 5.91 Å². The average Bonchev–Trinajstić information content (AvgIpc) is 2.99. The van der Waals surface area contributed by atoms with E-state index in [0.29, 0.717) is 44.1 Å². The van der Waals surface area contributed by atoms with E-state index in [-0.39, 0.29) is 12.0 Å². The van der Waals surface area contributed by atoms with Crippen molar-refractivity contribution in [2.45, 2.75) is 25.6 Å². The van der Waals surface area contributed by atoms with Gasteiger partial charge in [-0.1, -0.05) is 0 Å². The van der Waals surface area contributed by atoms with Crippen LogP contribution in [0.4, 0.5) is 0 Å². The zero-order valence-corrected chi connectivity index (χ0v) is 14.1. The second kappa shape index (κ2) is 7.81. The molecule has 0 aromatic carbocycles. The third-order valence-corrected chi connectivity index (χ3v) is 4.13. The lowest BCUT2D eigenvalue weighted by molar-refractivity contribution is -0.133. The van der Waals surface area contributed by atoms with E-state index in [9.17, 15) is 4.79 Å². The van der Waals surface area contributed by atoms with Gasteiger partial charge >= 0.3 is 0 Å². The number of hydrogen-bond acceptors (Lipinski definition) is 5. The van der Waals surface area contributed by atoms with Crippen molar-refractivity contribution in [3.05, 3.63) is 47.9 Å². The first-order valence-corrected chi connectivity index (χ1v) is 8.13. The number of pyridine rings is 1. The molecule has 3 heterocycles. The SMILES string of the molecule is COCCC(=O)N1Cc2cccn2C[C@H](Oc2ccc(C#N)cn2)C1. The molecule has 1 atom stereocenters. The lowest BCUT2D eigenvalue weighted by Gasteiger charge is -2.24. The maximum absolute atomic E-state index is 12.5. The van der Waals surface area contributed by atoms with E-state index in [1.54, 1.807) is 24.1 Å². The van der Waals surface area contributed by atoms with Crippen LogP contribution in [-0.2, 0) is 22.6 Å². The number of nitriles is 1. The first-order chi connectivity index (χ1) is 12.2. The van der Waals surface area contributed by atoms with Crippen molar-refractivity contribution < 1.29 is 14.3 Å². The van der Waals surface area contributed by atoms with Crippen molar-refractivity contribution in [3.8, 4) is 11.9 Å². The lowest BCUT2D eigenvalue weighted by atomic mass is 10.3. The molecule has 2 aromatic heterocycles. The van der Waals surface area contributed by atoms with Crippen LogP contribution in [0.25, 0.3) is 0 Å². The Morgan fingerprint density at radius 2 is 2.28 bits per heavy atom. The van der Waals surface area contributed by atoms with E-state index in [0.717, 1.165) is 5.69 Å². The molecule has 0 saturated heterocycles. The number of methoxy groups -OCH3 is 1. The van der Waals surface area contributed by atoms with Gasteiger partial charge in [-0.3, -0.25) is 4.79 Å². The summed E-state index contributed by atoms with van der Waals surface area (Å²) in [4.78, 5) is 18.4. The van der Waals surface area contributed by atoms with E-state index in [1.165, 1.54) is 6.20 Å². The van der Waals surface area contributed by atoms with Gasteiger partial charge in [0.1, 0.15) is 12.2 Å². The number of rotatable bonds is 5. The fourth-order valence-electron chi connectivity index (χ4n) is 2.85. The average molecular weight is 340 g/mol. The molecule has 1 aliphatic heterocycles. The third-order valence-electron chi connectivity index (χ3n) is 4.13. The highest BCUT2D eigenvalue weighted by molar-refractivity contribution is 5.76. The van der Waals surface area contributed by atoms with Crippen LogP contribution in [0.15, 0.2) is 36.7 Å². The highest BCUT2D eigenvalue weighted by atomic mass is 16.5. The van der Waals surface area contributed by atoms with E-state index in [2.05, 4.69) is 9.55 Å². The van der Waals surface area contributed by atoms with Crippen LogP contribution in [0.2, 0.25) is 0 Å². The standard InChI is InChI=1S/C18H20N4O3/c1-24-8-6-18(23)22-11-15-3-2-7-21(15)12-16(13-22)25-17-5-4-14(9-19)10-20-17/h2-5,7,10,16H,6,8,11-13H2,1H3/t16-/m0/s1. The van der Waals surface area contributed by atoms with Crippen molar-refractivity contribution in [3.63, 3.8) is 0 Å². The molecule has 7 nitrogen and oxygen atoms in total. The highest BCUT2D eigenvalue weighted by Gasteiger charge is 2.26. The second-order valence-corrected chi connectivity index (χ2v) is 5.91. The predicted octanol–water partition coefficient (Wildman–Crippen LogP) is 1.58. The molecule has 7 heteroatoms. The van der Waals surface area contributed by atoms with E-state index < -0.39 is 0 Å². The molecule has 0 radical (unpaired) electrons. The molecule has 1 amide bonds. The molecule has 0 bridgehead atoms. The number of carbonyl (C=O) groups excluding carboxylic acids is 1. The topological polar surface area (TPSA) is 80.4 Å². The molecule has 25 heavy (non-hydrogen) atoms. The van der Waals surface area contributed by atoms with Gasteiger partial charge in [-0.2, -0.15) is 5.26 Å². The van der Waals surface area contributed by atoms with Crippen molar-refractivity contribution in [2.75, 3.05) is 20.3 Å². The minimum absolute atomic E-state index is 0.0397. The van der Waals surface area contributed by atoms with Crippen LogP contribution in [0.1, 0.15) is 17.7 Å². The minimum Gasteiger partial charge on any atom is -0.471 e. The molecule has 0 fully saturated rings. The molecule has 0 aliphatic carbocycles. The number of aromatic nitrogens is 2. The van der Waals surface area contributed by atoms with Gasteiger partial charge in [0.05, 0.1) is 38.2 Å². The van der Waals surface area contributed by atoms with Crippen LogP contribution in [-0.4, -0.2) is 46.7 Å². The molecule has 0 spiro atoms. The molecule has 2 aromatic rings. The number of hydrogen-bond donors (Lipinski definition) is 0. The van der Waals surface area contributed by atoms with Crippen LogP contribution < -0.4 is 4.74 Å². The Morgan fingerprint density at radius 3 is 3.00 bits per heavy atom. The van der Waals surface area contributed by atoms with Crippen LogP contribution in [0, 0.1) is 11.3 Å². The number of nitrogens with zero attached hydrogens (tertiary/aromatic N) is 4. The zero-order valence-electron chi connectivity index (χ0n) is 14.1. The number of carbonyl (C=O) groups is 1. The Balaban J connectivity index is 1.75.